The standard InChI is InChI=1S/C21H18BrN3O3/c1-14(26)25-18-6-2-4-15(10-18)12-24-21(27)16-8-9-20(23-13-16)28-19-7-3-5-17(22)11-19/h2-11,13H,12H2,1H3,(H,24,27)(H,25,26). The van der Waals surface area contributed by atoms with Crippen molar-refractivity contribution < 1.29 is 14.3 Å². The van der Waals surface area contributed by atoms with Crippen LogP contribution >= 0.6 is 15.9 Å². The van der Waals surface area contributed by atoms with E-state index in [1.54, 1.807) is 18.2 Å². The van der Waals surface area contributed by atoms with Crippen molar-refractivity contribution >= 4 is 33.4 Å². The second-order valence-corrected chi connectivity index (χ2v) is 6.92. The molecule has 0 spiro atoms. The molecule has 0 aliphatic heterocycles. The molecule has 0 atom stereocenters. The molecule has 0 fully saturated rings. The normalized spacial score (nSPS) is 10.2. The fourth-order valence-corrected chi connectivity index (χ4v) is 2.85. The predicted molar refractivity (Wildman–Crippen MR) is 110 cm³/mol. The number of carbonyl (C=O) groups is 2. The van der Waals surface area contributed by atoms with Gasteiger partial charge in [0.25, 0.3) is 5.91 Å². The highest BCUT2D eigenvalue weighted by atomic mass is 79.9. The largest absolute Gasteiger partial charge is 0.439 e. The minimum Gasteiger partial charge on any atom is -0.439 e. The second-order valence-electron chi connectivity index (χ2n) is 6.01. The Morgan fingerprint density at radius 1 is 1.07 bits per heavy atom. The Bertz CT molecular complexity index is 990. The van der Waals surface area contributed by atoms with Crippen molar-refractivity contribution in [2.24, 2.45) is 0 Å². The first-order valence-electron chi connectivity index (χ1n) is 8.54. The van der Waals surface area contributed by atoms with E-state index in [0.29, 0.717) is 29.4 Å². The summed E-state index contributed by atoms with van der Waals surface area (Å²) in [6.45, 7) is 1.79. The van der Waals surface area contributed by atoms with E-state index in [2.05, 4.69) is 31.5 Å². The van der Waals surface area contributed by atoms with E-state index in [0.717, 1.165) is 10.0 Å². The minimum atomic E-state index is -0.244. The number of nitrogens with zero attached hydrogens (tertiary/aromatic N) is 1. The molecule has 3 rings (SSSR count). The molecule has 28 heavy (non-hydrogen) atoms. The molecule has 2 N–H and O–H groups in total. The number of nitrogens with one attached hydrogen (secondary N) is 2. The van der Waals surface area contributed by atoms with E-state index in [9.17, 15) is 9.59 Å². The van der Waals surface area contributed by atoms with E-state index >= 15 is 0 Å². The first kappa shape index (κ1) is 19.6. The van der Waals surface area contributed by atoms with Gasteiger partial charge < -0.3 is 15.4 Å². The lowest BCUT2D eigenvalue weighted by Crippen LogP contribution is -2.23. The Labute approximate surface area is 171 Å². The van der Waals surface area contributed by atoms with Crippen molar-refractivity contribution in [1.29, 1.82) is 0 Å². The Morgan fingerprint density at radius 3 is 2.61 bits per heavy atom. The van der Waals surface area contributed by atoms with Gasteiger partial charge in [0.15, 0.2) is 0 Å². The van der Waals surface area contributed by atoms with Crippen molar-refractivity contribution in [3.63, 3.8) is 0 Å². The van der Waals surface area contributed by atoms with Crippen LogP contribution in [0.25, 0.3) is 0 Å². The number of hydrogen-bond acceptors (Lipinski definition) is 4. The van der Waals surface area contributed by atoms with Crippen LogP contribution in [0.5, 0.6) is 11.6 Å². The zero-order chi connectivity index (χ0) is 19.9. The third kappa shape index (κ3) is 5.65. The number of pyridine rings is 1. The summed E-state index contributed by atoms with van der Waals surface area (Å²) in [6.07, 6.45) is 1.47. The van der Waals surface area contributed by atoms with E-state index in [-0.39, 0.29) is 11.8 Å². The second kappa shape index (κ2) is 9.14. The van der Waals surface area contributed by atoms with Gasteiger partial charge in [-0.1, -0.05) is 34.1 Å². The fraction of sp³-hybridized carbons (Fsp3) is 0.0952. The average molecular weight is 440 g/mol. The Balaban J connectivity index is 1.58. The third-order valence-corrected chi connectivity index (χ3v) is 4.21. The summed E-state index contributed by atoms with van der Waals surface area (Å²) in [5, 5.41) is 5.55. The van der Waals surface area contributed by atoms with Crippen molar-refractivity contribution in [2.75, 3.05) is 5.32 Å². The van der Waals surface area contributed by atoms with E-state index < -0.39 is 0 Å². The molecule has 0 saturated heterocycles. The quantitative estimate of drug-likeness (QED) is 0.591. The summed E-state index contributed by atoms with van der Waals surface area (Å²) in [7, 11) is 0. The smallest absolute Gasteiger partial charge is 0.253 e. The molecule has 1 aromatic heterocycles. The topological polar surface area (TPSA) is 80.3 Å². The molecule has 142 valence electrons. The highest BCUT2D eigenvalue weighted by molar-refractivity contribution is 9.10. The van der Waals surface area contributed by atoms with E-state index in [4.69, 9.17) is 4.74 Å². The summed E-state index contributed by atoms with van der Waals surface area (Å²) in [5.41, 5.74) is 2.00. The molecule has 2 aromatic carbocycles. The fourth-order valence-electron chi connectivity index (χ4n) is 2.47. The monoisotopic (exact) mass is 439 g/mol. The molecule has 7 heteroatoms. The number of hydrogen-bond donors (Lipinski definition) is 2. The summed E-state index contributed by atoms with van der Waals surface area (Å²) < 4.78 is 6.57. The van der Waals surface area contributed by atoms with Gasteiger partial charge >= 0.3 is 0 Å². The van der Waals surface area contributed by atoms with Crippen LogP contribution in [0.3, 0.4) is 0 Å². The van der Waals surface area contributed by atoms with Gasteiger partial charge in [-0.3, -0.25) is 9.59 Å². The van der Waals surface area contributed by atoms with Crippen molar-refractivity contribution in [1.82, 2.24) is 10.3 Å². The molecular formula is C21H18BrN3O3. The van der Waals surface area contributed by atoms with Gasteiger partial charge in [-0.2, -0.15) is 0 Å². The van der Waals surface area contributed by atoms with Gasteiger partial charge in [0.05, 0.1) is 5.56 Å². The number of amides is 2. The van der Waals surface area contributed by atoms with Gasteiger partial charge in [0.1, 0.15) is 5.75 Å². The molecule has 0 saturated carbocycles. The molecule has 0 radical (unpaired) electrons. The van der Waals surface area contributed by atoms with Crippen LogP contribution in [-0.4, -0.2) is 16.8 Å². The zero-order valence-electron chi connectivity index (χ0n) is 15.1. The highest BCUT2D eigenvalue weighted by Gasteiger charge is 2.08. The maximum absolute atomic E-state index is 12.3. The van der Waals surface area contributed by atoms with Crippen LogP contribution in [0.2, 0.25) is 0 Å². The molecule has 2 amide bonds. The van der Waals surface area contributed by atoms with Crippen LogP contribution in [0.15, 0.2) is 71.3 Å². The minimum absolute atomic E-state index is 0.141. The molecule has 6 nitrogen and oxygen atoms in total. The summed E-state index contributed by atoms with van der Waals surface area (Å²) >= 11 is 3.38. The Hall–Kier alpha value is -3.19. The third-order valence-electron chi connectivity index (χ3n) is 3.72. The number of anilines is 1. The van der Waals surface area contributed by atoms with Gasteiger partial charge in [0, 0.05) is 35.9 Å². The first-order valence-corrected chi connectivity index (χ1v) is 9.33. The molecule has 3 aromatic rings. The average Bonchev–Trinajstić information content (AvgIpc) is 2.66. The van der Waals surface area contributed by atoms with E-state index in [1.807, 2.05) is 42.5 Å². The van der Waals surface area contributed by atoms with Gasteiger partial charge in [-0.05, 0) is 42.0 Å². The van der Waals surface area contributed by atoms with Crippen molar-refractivity contribution in [3.05, 3.63) is 82.5 Å². The molecule has 0 unspecified atom stereocenters. The number of ether oxygens (including phenoxy) is 1. The lowest BCUT2D eigenvalue weighted by Gasteiger charge is -2.08. The first-order chi connectivity index (χ1) is 13.5. The number of aromatic nitrogens is 1. The summed E-state index contributed by atoms with van der Waals surface area (Å²) in [6, 6.07) is 18.0. The Kier molecular flexibility index (Phi) is 6.39. The molecule has 0 aliphatic carbocycles. The molecule has 0 bridgehead atoms. The molecule has 1 heterocycles. The maximum atomic E-state index is 12.3. The predicted octanol–water partition coefficient (Wildman–Crippen LogP) is 4.52. The van der Waals surface area contributed by atoms with E-state index in [1.165, 1.54) is 13.1 Å². The highest BCUT2D eigenvalue weighted by Crippen LogP contribution is 2.23. The van der Waals surface area contributed by atoms with Gasteiger partial charge in [0.2, 0.25) is 11.8 Å². The van der Waals surface area contributed by atoms with Crippen LogP contribution in [0.1, 0.15) is 22.8 Å². The van der Waals surface area contributed by atoms with Crippen molar-refractivity contribution in [3.8, 4) is 11.6 Å². The Morgan fingerprint density at radius 2 is 1.89 bits per heavy atom. The van der Waals surface area contributed by atoms with Gasteiger partial charge in [-0.25, -0.2) is 4.98 Å². The van der Waals surface area contributed by atoms with Crippen LogP contribution in [-0.2, 0) is 11.3 Å². The number of carbonyl (C=O) groups excluding carboxylic acids is 2. The number of benzene rings is 2. The SMILES string of the molecule is CC(=O)Nc1cccc(CNC(=O)c2ccc(Oc3cccc(Br)c3)nc2)c1. The van der Waals surface area contributed by atoms with Crippen molar-refractivity contribution in [2.45, 2.75) is 13.5 Å². The zero-order valence-corrected chi connectivity index (χ0v) is 16.7. The van der Waals surface area contributed by atoms with Gasteiger partial charge in [-0.15, -0.1) is 0 Å². The molecule has 0 aliphatic rings. The number of rotatable bonds is 6. The lowest BCUT2D eigenvalue weighted by molar-refractivity contribution is -0.114. The summed E-state index contributed by atoms with van der Waals surface area (Å²) in [4.78, 5) is 27.6. The number of halogens is 1. The maximum Gasteiger partial charge on any atom is 0.253 e. The van der Waals surface area contributed by atoms with Crippen LogP contribution < -0.4 is 15.4 Å². The molecular weight excluding hydrogens is 422 g/mol. The lowest BCUT2D eigenvalue weighted by atomic mass is 10.2. The summed E-state index contributed by atoms with van der Waals surface area (Å²) in [5.74, 6) is 0.666. The van der Waals surface area contributed by atoms with Crippen LogP contribution in [0.4, 0.5) is 5.69 Å². The van der Waals surface area contributed by atoms with Crippen LogP contribution in [0, 0.1) is 0 Å².